The van der Waals surface area contributed by atoms with Crippen LogP contribution in [0.4, 0.5) is 0 Å². The molecule has 0 saturated carbocycles. The third-order valence-electron chi connectivity index (χ3n) is 1.13. The van der Waals surface area contributed by atoms with Gasteiger partial charge in [-0.15, -0.1) is 0 Å². The van der Waals surface area contributed by atoms with Crippen molar-refractivity contribution in [2.75, 3.05) is 0 Å². The lowest BCUT2D eigenvalue weighted by Crippen LogP contribution is -2.38. The highest BCUT2D eigenvalue weighted by molar-refractivity contribution is 6.68. The van der Waals surface area contributed by atoms with E-state index in [-0.39, 0.29) is 0 Å². The first-order chi connectivity index (χ1) is 5.25. The zero-order valence-electron chi connectivity index (χ0n) is 6.55. The highest BCUT2D eigenvalue weighted by Crippen LogP contribution is 2.32. The molecule has 0 spiro atoms. The molecule has 1 N–H and O–H groups in total. The Bertz CT molecular complexity index is 166. The second-order valence-corrected chi connectivity index (χ2v) is 4.67. The van der Waals surface area contributed by atoms with Crippen LogP contribution in [0.5, 0.6) is 0 Å². The van der Waals surface area contributed by atoms with Gasteiger partial charge in [0.15, 0.2) is 0 Å². The maximum Gasteiger partial charge on any atom is 0.302 e. The van der Waals surface area contributed by atoms with Crippen molar-refractivity contribution in [3.05, 3.63) is 0 Å². The molecule has 0 saturated heterocycles. The fourth-order valence-electron chi connectivity index (χ4n) is 0.592. The van der Waals surface area contributed by atoms with Crippen LogP contribution in [0.3, 0.4) is 0 Å². The van der Waals surface area contributed by atoms with E-state index in [9.17, 15) is 9.90 Å². The maximum atomic E-state index is 10.4. The molecule has 0 aliphatic rings. The zero-order valence-corrected chi connectivity index (χ0v) is 8.82. The molecule has 6 heteroatoms. The summed E-state index contributed by atoms with van der Waals surface area (Å²) in [5, 5.41) is 9.23. The monoisotopic (exact) mass is 234 g/mol. The number of rotatable bonds is 2. The van der Waals surface area contributed by atoms with Crippen LogP contribution in [0.1, 0.15) is 13.8 Å². The largest absolute Gasteiger partial charge is 0.460 e. The summed E-state index contributed by atoms with van der Waals surface area (Å²) in [4.78, 5) is 10.4. The van der Waals surface area contributed by atoms with E-state index in [0.717, 1.165) is 0 Å². The normalized spacial score (nSPS) is 16.8. The first-order valence-electron chi connectivity index (χ1n) is 3.17. The molecule has 0 aromatic carbocycles. The topological polar surface area (TPSA) is 46.5 Å². The van der Waals surface area contributed by atoms with Crippen molar-refractivity contribution in [1.82, 2.24) is 0 Å². The van der Waals surface area contributed by atoms with Crippen LogP contribution in [-0.4, -0.2) is 27.1 Å². The average molecular weight is 235 g/mol. The molecule has 0 rings (SSSR count). The van der Waals surface area contributed by atoms with Gasteiger partial charge in [-0.2, -0.15) is 0 Å². The van der Waals surface area contributed by atoms with Crippen molar-refractivity contribution in [2.45, 2.75) is 29.8 Å². The average Bonchev–Trinajstić information content (AvgIpc) is 1.82. The molecule has 0 fully saturated rings. The number of hydrogen-bond acceptors (Lipinski definition) is 3. The van der Waals surface area contributed by atoms with Crippen LogP contribution in [0.15, 0.2) is 0 Å². The van der Waals surface area contributed by atoms with Crippen LogP contribution in [0.25, 0.3) is 0 Å². The summed E-state index contributed by atoms with van der Waals surface area (Å²) in [6, 6.07) is 0. The molecule has 0 aromatic heterocycles. The summed E-state index contributed by atoms with van der Waals surface area (Å²) in [5.74, 6) is -0.532. The number of halogens is 3. The maximum absolute atomic E-state index is 10.4. The number of alkyl halides is 3. The van der Waals surface area contributed by atoms with Gasteiger partial charge in [-0.05, 0) is 6.92 Å². The van der Waals surface area contributed by atoms with Gasteiger partial charge < -0.3 is 9.84 Å². The Labute approximate surface area is 85.5 Å². The van der Waals surface area contributed by atoms with Crippen LogP contribution in [-0.2, 0) is 9.53 Å². The molecule has 2 unspecified atom stereocenters. The van der Waals surface area contributed by atoms with E-state index < -0.39 is 22.0 Å². The summed E-state index contributed by atoms with van der Waals surface area (Å²) in [6.07, 6.45) is -2.17. The molecular weight excluding hydrogens is 226 g/mol. The molecule has 0 amide bonds. The van der Waals surface area contributed by atoms with Crippen LogP contribution < -0.4 is 0 Å². The van der Waals surface area contributed by atoms with E-state index in [4.69, 9.17) is 34.8 Å². The van der Waals surface area contributed by atoms with Gasteiger partial charge in [0.25, 0.3) is 0 Å². The predicted octanol–water partition coefficient (Wildman–Crippen LogP) is 1.67. The van der Waals surface area contributed by atoms with E-state index >= 15 is 0 Å². The summed E-state index contributed by atoms with van der Waals surface area (Å²) in [5.41, 5.74) is 0. The van der Waals surface area contributed by atoms with E-state index in [0.29, 0.717) is 0 Å². The van der Waals surface area contributed by atoms with Crippen molar-refractivity contribution in [2.24, 2.45) is 0 Å². The minimum Gasteiger partial charge on any atom is -0.460 e. The Hall–Kier alpha value is 0.300. The van der Waals surface area contributed by atoms with Crippen LogP contribution >= 0.6 is 34.8 Å². The van der Waals surface area contributed by atoms with E-state index in [1.54, 1.807) is 0 Å². The lowest BCUT2D eigenvalue weighted by Gasteiger charge is -2.24. The van der Waals surface area contributed by atoms with Crippen molar-refractivity contribution < 1.29 is 14.6 Å². The minimum absolute atomic E-state index is 0.532. The number of carbonyl (C=O) groups is 1. The molecule has 72 valence electrons. The molecule has 0 radical (unpaired) electrons. The first kappa shape index (κ1) is 12.3. The van der Waals surface area contributed by atoms with Gasteiger partial charge in [0.2, 0.25) is 3.79 Å². The minimum atomic E-state index is -1.84. The molecule has 0 bridgehead atoms. The third kappa shape index (κ3) is 4.36. The van der Waals surface area contributed by atoms with Crippen molar-refractivity contribution >= 4 is 40.8 Å². The van der Waals surface area contributed by atoms with Gasteiger partial charge in [-0.3, -0.25) is 4.79 Å². The fourth-order valence-corrected chi connectivity index (χ4v) is 1.12. The molecule has 0 aliphatic carbocycles. The standard InChI is InChI=1S/C6H9Cl3O3/c1-3(12-4(2)10)5(11)6(7,8)9/h3,5,11H,1-2H3. The number of carbonyl (C=O) groups excluding carboxylic acids is 1. The number of esters is 1. The zero-order chi connectivity index (χ0) is 9.94. The highest BCUT2D eigenvalue weighted by Gasteiger charge is 2.36. The molecule has 0 aromatic rings. The van der Waals surface area contributed by atoms with Crippen LogP contribution in [0.2, 0.25) is 0 Å². The van der Waals surface area contributed by atoms with E-state index in [2.05, 4.69) is 4.74 Å². The predicted molar refractivity (Wildman–Crippen MR) is 47.5 cm³/mol. The Kier molecular flexibility index (Phi) is 4.62. The Morgan fingerprint density at radius 3 is 2.17 bits per heavy atom. The SMILES string of the molecule is CC(=O)OC(C)C(O)C(Cl)(Cl)Cl. The number of ether oxygens (including phenoxy) is 1. The van der Waals surface area contributed by atoms with Gasteiger partial charge in [-0.25, -0.2) is 0 Å². The summed E-state index contributed by atoms with van der Waals surface area (Å²) in [7, 11) is 0. The lowest BCUT2D eigenvalue weighted by molar-refractivity contribution is -0.150. The van der Waals surface area contributed by atoms with Gasteiger partial charge >= 0.3 is 5.97 Å². The molecular formula is C6H9Cl3O3. The molecule has 0 aliphatic heterocycles. The van der Waals surface area contributed by atoms with E-state index in [1.165, 1.54) is 13.8 Å². The van der Waals surface area contributed by atoms with Crippen molar-refractivity contribution in [1.29, 1.82) is 0 Å². The second kappa shape index (κ2) is 4.51. The van der Waals surface area contributed by atoms with Gasteiger partial charge in [0, 0.05) is 6.92 Å². The number of aliphatic hydroxyl groups excluding tert-OH is 1. The lowest BCUT2D eigenvalue weighted by atomic mass is 10.2. The summed E-state index contributed by atoms with van der Waals surface area (Å²) >= 11 is 16.1. The van der Waals surface area contributed by atoms with Crippen LogP contribution in [0, 0.1) is 0 Å². The first-order valence-corrected chi connectivity index (χ1v) is 4.30. The fraction of sp³-hybridized carbons (Fsp3) is 0.833. The van der Waals surface area contributed by atoms with Gasteiger partial charge in [0.05, 0.1) is 0 Å². The Balaban J connectivity index is 4.10. The highest BCUT2D eigenvalue weighted by atomic mass is 35.6. The van der Waals surface area contributed by atoms with Gasteiger partial charge in [-0.1, -0.05) is 34.8 Å². The van der Waals surface area contributed by atoms with Crippen molar-refractivity contribution in [3.8, 4) is 0 Å². The quantitative estimate of drug-likeness (QED) is 0.585. The molecule has 3 nitrogen and oxygen atoms in total. The smallest absolute Gasteiger partial charge is 0.302 e. The molecule has 0 heterocycles. The molecule has 2 atom stereocenters. The number of hydrogen-bond donors (Lipinski definition) is 1. The van der Waals surface area contributed by atoms with Crippen molar-refractivity contribution in [3.63, 3.8) is 0 Å². The van der Waals surface area contributed by atoms with Gasteiger partial charge in [0.1, 0.15) is 12.2 Å². The number of aliphatic hydroxyl groups is 1. The summed E-state index contributed by atoms with van der Waals surface area (Å²) in [6.45, 7) is 2.65. The molecule has 12 heavy (non-hydrogen) atoms. The van der Waals surface area contributed by atoms with E-state index in [1.807, 2.05) is 0 Å². The Morgan fingerprint density at radius 1 is 1.50 bits per heavy atom. The Morgan fingerprint density at radius 2 is 1.92 bits per heavy atom. The second-order valence-electron chi connectivity index (χ2n) is 2.30. The summed E-state index contributed by atoms with van der Waals surface area (Å²) < 4.78 is 2.76. The third-order valence-corrected chi connectivity index (χ3v) is 1.80.